The zero-order valence-electron chi connectivity index (χ0n) is 9.84. The standard InChI is InChI=1S/C12H24N2/c1-4-7-12(13)14(3)11-9-6-5-8-10(11)2/h10-11,13H,4-9H2,1-3H3. The Hall–Kier alpha value is -0.530. The summed E-state index contributed by atoms with van der Waals surface area (Å²) in [4.78, 5) is 2.22. The van der Waals surface area contributed by atoms with Gasteiger partial charge in [0, 0.05) is 19.5 Å². The van der Waals surface area contributed by atoms with E-state index in [9.17, 15) is 0 Å². The highest BCUT2D eigenvalue weighted by Crippen LogP contribution is 2.27. The van der Waals surface area contributed by atoms with Crippen molar-refractivity contribution in [2.45, 2.75) is 58.4 Å². The Bertz CT molecular complexity index is 189. The molecule has 2 atom stereocenters. The molecule has 0 aromatic carbocycles. The first-order valence-corrected chi connectivity index (χ1v) is 5.97. The molecule has 0 aromatic heterocycles. The molecule has 14 heavy (non-hydrogen) atoms. The van der Waals surface area contributed by atoms with E-state index in [1.54, 1.807) is 0 Å². The Kier molecular flexibility index (Phi) is 4.43. The average molecular weight is 196 g/mol. The molecule has 0 aromatic rings. The molecule has 1 aliphatic rings. The van der Waals surface area contributed by atoms with Crippen LogP contribution in [0.5, 0.6) is 0 Å². The van der Waals surface area contributed by atoms with Gasteiger partial charge in [0.25, 0.3) is 0 Å². The van der Waals surface area contributed by atoms with E-state index < -0.39 is 0 Å². The molecule has 0 spiro atoms. The van der Waals surface area contributed by atoms with E-state index in [1.807, 2.05) is 0 Å². The molecule has 0 radical (unpaired) electrons. The van der Waals surface area contributed by atoms with Gasteiger partial charge in [0.05, 0.1) is 5.84 Å². The molecule has 0 heterocycles. The summed E-state index contributed by atoms with van der Waals surface area (Å²) in [6.45, 7) is 4.48. The second-order valence-corrected chi connectivity index (χ2v) is 4.64. The lowest BCUT2D eigenvalue weighted by Crippen LogP contribution is -2.42. The van der Waals surface area contributed by atoms with Gasteiger partial charge in [0.1, 0.15) is 0 Å². The Morgan fingerprint density at radius 1 is 1.36 bits per heavy atom. The van der Waals surface area contributed by atoms with E-state index in [0.717, 1.165) is 24.6 Å². The number of rotatable bonds is 3. The third-order valence-corrected chi connectivity index (χ3v) is 3.48. The van der Waals surface area contributed by atoms with Gasteiger partial charge in [-0.15, -0.1) is 0 Å². The van der Waals surface area contributed by atoms with E-state index in [4.69, 9.17) is 5.41 Å². The second-order valence-electron chi connectivity index (χ2n) is 4.64. The van der Waals surface area contributed by atoms with Crippen molar-refractivity contribution in [2.24, 2.45) is 5.92 Å². The Labute approximate surface area is 88.2 Å². The van der Waals surface area contributed by atoms with Gasteiger partial charge in [-0.1, -0.05) is 26.7 Å². The van der Waals surface area contributed by atoms with Crippen molar-refractivity contribution >= 4 is 5.84 Å². The van der Waals surface area contributed by atoms with Gasteiger partial charge in [-0.3, -0.25) is 5.41 Å². The van der Waals surface area contributed by atoms with Crippen molar-refractivity contribution in [3.05, 3.63) is 0 Å². The largest absolute Gasteiger partial charge is 0.360 e. The van der Waals surface area contributed by atoms with Crippen LogP contribution in [0.3, 0.4) is 0 Å². The highest BCUT2D eigenvalue weighted by molar-refractivity contribution is 5.79. The van der Waals surface area contributed by atoms with Crippen LogP contribution in [-0.2, 0) is 0 Å². The van der Waals surface area contributed by atoms with Gasteiger partial charge in [0.2, 0.25) is 0 Å². The van der Waals surface area contributed by atoms with Gasteiger partial charge >= 0.3 is 0 Å². The van der Waals surface area contributed by atoms with Crippen molar-refractivity contribution in [3.63, 3.8) is 0 Å². The zero-order valence-corrected chi connectivity index (χ0v) is 9.84. The van der Waals surface area contributed by atoms with E-state index in [1.165, 1.54) is 25.7 Å². The Balaban J connectivity index is 2.48. The minimum absolute atomic E-state index is 0.628. The molecule has 1 fully saturated rings. The molecule has 1 aliphatic carbocycles. The minimum Gasteiger partial charge on any atom is -0.360 e. The van der Waals surface area contributed by atoms with Crippen LogP contribution in [0.15, 0.2) is 0 Å². The smallest absolute Gasteiger partial charge is 0.0957 e. The van der Waals surface area contributed by atoms with E-state index in [0.29, 0.717) is 6.04 Å². The third-order valence-electron chi connectivity index (χ3n) is 3.48. The molecule has 0 bridgehead atoms. The molecule has 0 saturated heterocycles. The summed E-state index contributed by atoms with van der Waals surface area (Å²) in [7, 11) is 2.10. The monoisotopic (exact) mass is 196 g/mol. The summed E-state index contributed by atoms with van der Waals surface area (Å²) in [6.07, 6.45) is 7.37. The normalized spacial score (nSPS) is 27.4. The maximum Gasteiger partial charge on any atom is 0.0957 e. The van der Waals surface area contributed by atoms with Crippen LogP contribution in [-0.4, -0.2) is 23.8 Å². The average Bonchev–Trinajstić information content (AvgIpc) is 2.18. The van der Waals surface area contributed by atoms with Gasteiger partial charge in [0.15, 0.2) is 0 Å². The molecule has 2 nitrogen and oxygen atoms in total. The lowest BCUT2D eigenvalue weighted by atomic mass is 9.85. The van der Waals surface area contributed by atoms with Crippen molar-refractivity contribution in [3.8, 4) is 0 Å². The summed E-state index contributed by atoms with van der Waals surface area (Å²) in [5.74, 6) is 1.59. The van der Waals surface area contributed by atoms with Crippen LogP contribution in [0.1, 0.15) is 52.4 Å². The Morgan fingerprint density at radius 2 is 2.00 bits per heavy atom. The Morgan fingerprint density at radius 3 is 2.57 bits per heavy atom. The number of hydrogen-bond acceptors (Lipinski definition) is 1. The topological polar surface area (TPSA) is 27.1 Å². The summed E-state index contributed by atoms with van der Waals surface area (Å²) in [5.41, 5.74) is 0. The van der Waals surface area contributed by atoms with Gasteiger partial charge in [-0.05, 0) is 25.2 Å². The maximum absolute atomic E-state index is 7.95. The molecule has 1 N–H and O–H groups in total. The molecule has 2 unspecified atom stereocenters. The molecule has 82 valence electrons. The highest BCUT2D eigenvalue weighted by Gasteiger charge is 2.25. The second kappa shape index (κ2) is 5.38. The molecule has 1 rings (SSSR count). The van der Waals surface area contributed by atoms with Crippen LogP contribution in [0, 0.1) is 11.3 Å². The molecule has 0 amide bonds. The van der Waals surface area contributed by atoms with Crippen LogP contribution in [0.4, 0.5) is 0 Å². The summed E-state index contributed by atoms with van der Waals surface area (Å²) < 4.78 is 0. The quantitative estimate of drug-likeness (QED) is 0.544. The molecule has 2 heteroatoms. The lowest BCUT2D eigenvalue weighted by Gasteiger charge is -2.37. The van der Waals surface area contributed by atoms with Gasteiger partial charge in [-0.2, -0.15) is 0 Å². The summed E-state index contributed by atoms with van der Waals surface area (Å²) in [6, 6.07) is 0.628. The fourth-order valence-corrected chi connectivity index (χ4v) is 2.49. The van der Waals surface area contributed by atoms with Crippen molar-refractivity contribution < 1.29 is 0 Å². The predicted octanol–water partition coefficient (Wildman–Crippen LogP) is 3.27. The van der Waals surface area contributed by atoms with Gasteiger partial charge < -0.3 is 4.90 Å². The van der Waals surface area contributed by atoms with Gasteiger partial charge in [-0.25, -0.2) is 0 Å². The first kappa shape index (κ1) is 11.5. The lowest BCUT2D eigenvalue weighted by molar-refractivity contribution is 0.202. The number of amidine groups is 1. The zero-order chi connectivity index (χ0) is 10.6. The number of nitrogens with one attached hydrogen (secondary N) is 1. The predicted molar refractivity (Wildman–Crippen MR) is 61.8 cm³/mol. The van der Waals surface area contributed by atoms with Crippen LogP contribution < -0.4 is 0 Å². The molecule has 1 saturated carbocycles. The minimum atomic E-state index is 0.628. The first-order chi connectivity index (χ1) is 6.66. The number of hydrogen-bond donors (Lipinski definition) is 1. The van der Waals surface area contributed by atoms with E-state index in [-0.39, 0.29) is 0 Å². The molecular weight excluding hydrogens is 172 g/mol. The summed E-state index contributed by atoms with van der Waals surface area (Å²) >= 11 is 0. The fraction of sp³-hybridized carbons (Fsp3) is 0.917. The fourth-order valence-electron chi connectivity index (χ4n) is 2.49. The molecule has 0 aliphatic heterocycles. The third kappa shape index (κ3) is 2.73. The van der Waals surface area contributed by atoms with E-state index >= 15 is 0 Å². The van der Waals surface area contributed by atoms with E-state index in [2.05, 4.69) is 25.8 Å². The highest BCUT2D eigenvalue weighted by atomic mass is 15.2. The molecular formula is C12H24N2. The maximum atomic E-state index is 7.95. The van der Waals surface area contributed by atoms with Crippen molar-refractivity contribution in [2.75, 3.05) is 7.05 Å². The van der Waals surface area contributed by atoms with Crippen molar-refractivity contribution in [1.82, 2.24) is 4.90 Å². The van der Waals surface area contributed by atoms with Crippen molar-refractivity contribution in [1.29, 1.82) is 5.41 Å². The number of nitrogens with zero attached hydrogens (tertiary/aromatic N) is 1. The SMILES string of the molecule is CCCC(=N)N(C)C1CCCCC1C. The first-order valence-electron chi connectivity index (χ1n) is 5.97. The van der Waals surface area contributed by atoms with Crippen LogP contribution in [0.25, 0.3) is 0 Å². The van der Waals surface area contributed by atoms with Crippen LogP contribution >= 0.6 is 0 Å². The van der Waals surface area contributed by atoms with Crippen LogP contribution in [0.2, 0.25) is 0 Å². The summed E-state index contributed by atoms with van der Waals surface area (Å²) in [5, 5.41) is 7.95.